The average Bonchev–Trinajstić information content (AvgIpc) is 2.43. The first-order valence-electron chi connectivity index (χ1n) is 5.48. The Balaban J connectivity index is 2.28. The lowest BCUT2D eigenvalue weighted by Gasteiger charge is -2.07. The van der Waals surface area contributed by atoms with Gasteiger partial charge in [-0.15, -0.1) is 0 Å². The predicted molar refractivity (Wildman–Crippen MR) is 65.9 cm³/mol. The van der Waals surface area contributed by atoms with Crippen molar-refractivity contribution >= 4 is 17.2 Å². The molecule has 1 aromatic carbocycles. The fourth-order valence-corrected chi connectivity index (χ4v) is 2.24. The van der Waals surface area contributed by atoms with Gasteiger partial charge in [0.15, 0.2) is 0 Å². The van der Waals surface area contributed by atoms with E-state index in [0.717, 1.165) is 17.9 Å². The summed E-state index contributed by atoms with van der Waals surface area (Å²) >= 11 is 5.98. The summed E-state index contributed by atoms with van der Waals surface area (Å²) in [6.45, 7) is 0. The fraction of sp³-hybridized carbons (Fsp3) is 0.385. The first-order chi connectivity index (χ1) is 7.25. The molecule has 1 atom stereocenters. The van der Waals surface area contributed by atoms with E-state index in [1.807, 2.05) is 18.2 Å². The number of halogens is 1. The molecule has 0 fully saturated rings. The Hall–Kier alpha value is -0.790. The lowest BCUT2D eigenvalue weighted by molar-refractivity contribution is 0.658. The lowest BCUT2D eigenvalue weighted by Crippen LogP contribution is -2.15. The number of nitrogens with two attached hydrogens (primary N) is 1. The summed E-state index contributed by atoms with van der Waals surface area (Å²) in [5.74, 6) is 0. The van der Waals surface area contributed by atoms with Crippen molar-refractivity contribution in [2.24, 2.45) is 5.73 Å². The van der Waals surface area contributed by atoms with Gasteiger partial charge in [-0.3, -0.25) is 0 Å². The van der Waals surface area contributed by atoms with Gasteiger partial charge < -0.3 is 5.73 Å². The van der Waals surface area contributed by atoms with Crippen molar-refractivity contribution in [1.82, 2.24) is 0 Å². The summed E-state index contributed by atoms with van der Waals surface area (Å²) in [5, 5.41) is 0.797. The standard InChI is InChI=1S/C13H16ClN/c14-12-6-3-5-10(8-12)11-4-1-2-7-13(15)9-11/h3,5-6,8-9,13H,1-2,4,7,15H2. The van der Waals surface area contributed by atoms with Gasteiger partial charge in [0.05, 0.1) is 0 Å². The summed E-state index contributed by atoms with van der Waals surface area (Å²) < 4.78 is 0. The van der Waals surface area contributed by atoms with Gasteiger partial charge in [0.2, 0.25) is 0 Å². The summed E-state index contributed by atoms with van der Waals surface area (Å²) in [6, 6.07) is 8.24. The van der Waals surface area contributed by atoms with Crippen molar-refractivity contribution in [2.75, 3.05) is 0 Å². The molecule has 0 saturated heterocycles. The highest BCUT2D eigenvalue weighted by Crippen LogP contribution is 2.27. The van der Waals surface area contributed by atoms with Crippen LogP contribution in [0.25, 0.3) is 5.57 Å². The van der Waals surface area contributed by atoms with E-state index in [9.17, 15) is 0 Å². The largest absolute Gasteiger partial charge is 0.324 e. The predicted octanol–water partition coefficient (Wildman–Crippen LogP) is 3.62. The molecular weight excluding hydrogens is 206 g/mol. The second-order valence-electron chi connectivity index (χ2n) is 4.11. The zero-order valence-electron chi connectivity index (χ0n) is 8.75. The second kappa shape index (κ2) is 4.82. The van der Waals surface area contributed by atoms with Gasteiger partial charge in [0.25, 0.3) is 0 Å². The maximum absolute atomic E-state index is 5.99. The van der Waals surface area contributed by atoms with Crippen molar-refractivity contribution in [1.29, 1.82) is 0 Å². The monoisotopic (exact) mass is 221 g/mol. The highest BCUT2D eigenvalue weighted by atomic mass is 35.5. The van der Waals surface area contributed by atoms with Crippen LogP contribution in [0.2, 0.25) is 5.02 Å². The molecule has 0 spiro atoms. The van der Waals surface area contributed by atoms with Crippen LogP contribution in [0.1, 0.15) is 31.2 Å². The van der Waals surface area contributed by atoms with Crippen molar-refractivity contribution in [3.63, 3.8) is 0 Å². The van der Waals surface area contributed by atoms with Crippen LogP contribution in [-0.4, -0.2) is 6.04 Å². The molecule has 2 N–H and O–H groups in total. The number of allylic oxidation sites excluding steroid dienone is 1. The van der Waals surface area contributed by atoms with Crippen LogP contribution < -0.4 is 5.73 Å². The Morgan fingerprint density at radius 1 is 1.27 bits per heavy atom. The minimum absolute atomic E-state index is 0.210. The van der Waals surface area contributed by atoms with Crippen molar-refractivity contribution in [3.05, 3.63) is 40.9 Å². The quantitative estimate of drug-likeness (QED) is 0.770. The molecule has 0 heterocycles. The normalized spacial score (nSPS) is 22.0. The Morgan fingerprint density at radius 2 is 2.13 bits per heavy atom. The zero-order chi connectivity index (χ0) is 10.7. The van der Waals surface area contributed by atoms with Gasteiger partial charge >= 0.3 is 0 Å². The molecule has 80 valence electrons. The van der Waals surface area contributed by atoms with E-state index in [4.69, 9.17) is 17.3 Å². The highest BCUT2D eigenvalue weighted by Gasteiger charge is 2.09. The van der Waals surface area contributed by atoms with E-state index in [1.165, 1.54) is 24.0 Å². The highest BCUT2D eigenvalue weighted by molar-refractivity contribution is 6.30. The molecule has 0 radical (unpaired) electrons. The average molecular weight is 222 g/mol. The minimum Gasteiger partial charge on any atom is -0.324 e. The van der Waals surface area contributed by atoms with Gasteiger partial charge in [-0.2, -0.15) is 0 Å². The van der Waals surface area contributed by atoms with E-state index in [1.54, 1.807) is 0 Å². The molecule has 2 rings (SSSR count). The molecule has 1 nitrogen and oxygen atoms in total. The minimum atomic E-state index is 0.210. The summed E-state index contributed by atoms with van der Waals surface area (Å²) in [5.41, 5.74) is 8.56. The second-order valence-corrected chi connectivity index (χ2v) is 4.55. The number of benzene rings is 1. The Bertz CT molecular complexity index is 371. The van der Waals surface area contributed by atoms with Crippen molar-refractivity contribution < 1.29 is 0 Å². The Morgan fingerprint density at radius 3 is 2.93 bits per heavy atom. The van der Waals surface area contributed by atoms with Crippen LogP contribution >= 0.6 is 11.6 Å². The molecule has 1 unspecified atom stereocenters. The maximum atomic E-state index is 5.99. The van der Waals surface area contributed by atoms with Gasteiger partial charge in [-0.1, -0.05) is 36.2 Å². The first kappa shape index (κ1) is 10.7. The lowest BCUT2D eigenvalue weighted by atomic mass is 10.0. The number of rotatable bonds is 1. The molecule has 0 amide bonds. The van der Waals surface area contributed by atoms with Gasteiger partial charge in [-0.05, 0) is 42.5 Å². The van der Waals surface area contributed by atoms with Crippen LogP contribution in [0.3, 0.4) is 0 Å². The fourth-order valence-electron chi connectivity index (χ4n) is 2.05. The Labute approximate surface area is 95.9 Å². The molecule has 1 aliphatic rings. The van der Waals surface area contributed by atoms with E-state index in [0.29, 0.717) is 0 Å². The van der Waals surface area contributed by atoms with Crippen LogP contribution in [0, 0.1) is 0 Å². The molecule has 0 bridgehead atoms. The third-order valence-electron chi connectivity index (χ3n) is 2.84. The molecule has 15 heavy (non-hydrogen) atoms. The molecule has 0 aliphatic heterocycles. The third kappa shape index (κ3) is 2.83. The number of hydrogen-bond donors (Lipinski definition) is 1. The van der Waals surface area contributed by atoms with E-state index >= 15 is 0 Å². The molecule has 2 heteroatoms. The maximum Gasteiger partial charge on any atom is 0.0412 e. The SMILES string of the molecule is NC1C=C(c2cccc(Cl)c2)CCCC1. The molecular formula is C13H16ClN. The van der Waals surface area contributed by atoms with E-state index in [-0.39, 0.29) is 6.04 Å². The molecule has 0 aromatic heterocycles. The number of hydrogen-bond acceptors (Lipinski definition) is 1. The van der Waals surface area contributed by atoms with Gasteiger partial charge in [0, 0.05) is 11.1 Å². The van der Waals surface area contributed by atoms with Crippen LogP contribution in [0.4, 0.5) is 0 Å². The van der Waals surface area contributed by atoms with Gasteiger partial charge in [-0.25, -0.2) is 0 Å². The topological polar surface area (TPSA) is 26.0 Å². The van der Waals surface area contributed by atoms with Crippen molar-refractivity contribution in [3.8, 4) is 0 Å². The first-order valence-corrected chi connectivity index (χ1v) is 5.86. The smallest absolute Gasteiger partial charge is 0.0412 e. The van der Waals surface area contributed by atoms with Crippen LogP contribution in [-0.2, 0) is 0 Å². The van der Waals surface area contributed by atoms with Crippen LogP contribution in [0.5, 0.6) is 0 Å². The zero-order valence-corrected chi connectivity index (χ0v) is 9.50. The van der Waals surface area contributed by atoms with Crippen LogP contribution in [0.15, 0.2) is 30.3 Å². The van der Waals surface area contributed by atoms with Gasteiger partial charge in [0.1, 0.15) is 0 Å². The van der Waals surface area contributed by atoms with E-state index < -0.39 is 0 Å². The summed E-state index contributed by atoms with van der Waals surface area (Å²) in [6.07, 6.45) is 6.87. The Kier molecular flexibility index (Phi) is 3.45. The van der Waals surface area contributed by atoms with E-state index in [2.05, 4.69) is 12.1 Å². The van der Waals surface area contributed by atoms with Crippen molar-refractivity contribution in [2.45, 2.75) is 31.7 Å². The summed E-state index contributed by atoms with van der Waals surface area (Å²) in [4.78, 5) is 0. The summed E-state index contributed by atoms with van der Waals surface area (Å²) in [7, 11) is 0. The third-order valence-corrected chi connectivity index (χ3v) is 3.08. The molecule has 1 aliphatic carbocycles. The molecule has 0 saturated carbocycles. The molecule has 1 aromatic rings.